The van der Waals surface area contributed by atoms with Crippen LogP contribution in [0.5, 0.6) is 0 Å². The Labute approximate surface area is 98.7 Å². The van der Waals surface area contributed by atoms with Crippen LogP contribution in [0.2, 0.25) is 0 Å². The van der Waals surface area contributed by atoms with Gasteiger partial charge in [-0.1, -0.05) is 12.1 Å². The Morgan fingerprint density at radius 1 is 0.562 bits per heavy atom. The van der Waals surface area contributed by atoms with E-state index < -0.39 is 0 Å². The van der Waals surface area contributed by atoms with E-state index in [1.54, 1.807) is 0 Å². The summed E-state index contributed by atoms with van der Waals surface area (Å²) >= 11 is 0. The molecule has 0 aromatic carbocycles. The average molecular weight is 212 g/mol. The zero-order chi connectivity index (χ0) is 12.0. The highest BCUT2D eigenvalue weighted by Crippen LogP contribution is 2.36. The molecule has 0 aromatic heterocycles. The van der Waals surface area contributed by atoms with E-state index >= 15 is 0 Å². The molecule has 16 heavy (non-hydrogen) atoms. The zero-order valence-electron chi connectivity index (χ0n) is 11.2. The Balaban J connectivity index is 3.03. The van der Waals surface area contributed by atoms with Crippen LogP contribution in [0, 0.1) is 41.5 Å². The highest BCUT2D eigenvalue weighted by atomic mass is 14.2. The molecular formula is C16H20. The summed E-state index contributed by atoms with van der Waals surface area (Å²) in [6, 6.07) is 4.50. The molecule has 0 aromatic rings. The van der Waals surface area contributed by atoms with Crippen molar-refractivity contribution in [3.05, 3.63) is 45.5 Å². The van der Waals surface area contributed by atoms with Crippen LogP contribution in [-0.4, -0.2) is 0 Å². The van der Waals surface area contributed by atoms with Crippen LogP contribution in [0.25, 0.3) is 11.1 Å². The van der Waals surface area contributed by atoms with Crippen LogP contribution >= 0.6 is 0 Å². The van der Waals surface area contributed by atoms with Gasteiger partial charge < -0.3 is 0 Å². The molecule has 0 bridgehead atoms. The average Bonchev–Trinajstić information content (AvgIpc) is 2.63. The van der Waals surface area contributed by atoms with Gasteiger partial charge in [0.2, 0.25) is 0 Å². The van der Waals surface area contributed by atoms with E-state index in [0.29, 0.717) is 0 Å². The number of fused-ring (bicyclic) bond motifs is 1. The molecule has 0 saturated heterocycles. The van der Waals surface area contributed by atoms with Crippen LogP contribution < -0.4 is 0 Å². The third-order valence-corrected chi connectivity index (χ3v) is 4.19. The highest BCUT2D eigenvalue weighted by Gasteiger charge is 2.15. The van der Waals surface area contributed by atoms with Crippen molar-refractivity contribution >= 4 is 0 Å². The van der Waals surface area contributed by atoms with Crippen molar-refractivity contribution in [3.63, 3.8) is 0 Å². The van der Waals surface area contributed by atoms with Gasteiger partial charge in [-0.25, -0.2) is 0 Å². The quantitative estimate of drug-likeness (QED) is 0.596. The van der Waals surface area contributed by atoms with Gasteiger partial charge >= 0.3 is 0 Å². The number of hydrogen-bond donors (Lipinski definition) is 0. The van der Waals surface area contributed by atoms with Crippen LogP contribution in [0.4, 0.5) is 0 Å². The molecule has 0 unspecified atom stereocenters. The maximum absolute atomic E-state index is 2.26. The fraction of sp³-hybridized carbons (Fsp3) is 0.375. The second-order valence-corrected chi connectivity index (χ2v) is 4.93. The molecule has 0 saturated carbocycles. The van der Waals surface area contributed by atoms with E-state index in [1.807, 2.05) is 0 Å². The van der Waals surface area contributed by atoms with Crippen molar-refractivity contribution in [2.45, 2.75) is 41.5 Å². The van der Waals surface area contributed by atoms with E-state index in [-0.39, 0.29) is 0 Å². The maximum Gasteiger partial charge on any atom is -0.0120 e. The van der Waals surface area contributed by atoms with E-state index in [4.69, 9.17) is 0 Å². The molecule has 0 nitrogen and oxygen atoms in total. The van der Waals surface area contributed by atoms with Gasteiger partial charge in [0.15, 0.2) is 0 Å². The van der Waals surface area contributed by atoms with Crippen LogP contribution in [0.1, 0.15) is 33.4 Å². The lowest BCUT2D eigenvalue weighted by atomic mass is 10.00. The van der Waals surface area contributed by atoms with E-state index in [1.165, 1.54) is 44.5 Å². The Hall–Kier alpha value is -1.30. The fourth-order valence-corrected chi connectivity index (χ4v) is 2.63. The summed E-state index contributed by atoms with van der Waals surface area (Å²) in [5.74, 6) is 0. The molecule has 2 aliphatic rings. The lowest BCUT2D eigenvalue weighted by Crippen LogP contribution is -1.85. The lowest BCUT2D eigenvalue weighted by Gasteiger charge is -2.04. The predicted molar refractivity (Wildman–Crippen MR) is 71.5 cm³/mol. The first-order valence-corrected chi connectivity index (χ1v) is 5.91. The molecule has 84 valence electrons. The molecule has 0 N–H and O–H groups in total. The summed E-state index contributed by atoms with van der Waals surface area (Å²) in [7, 11) is 0. The topological polar surface area (TPSA) is 0 Å². The van der Waals surface area contributed by atoms with Gasteiger partial charge in [-0.15, -0.1) is 0 Å². The summed E-state index contributed by atoms with van der Waals surface area (Å²) in [4.78, 5) is 0. The maximum atomic E-state index is 2.26. The summed E-state index contributed by atoms with van der Waals surface area (Å²) < 4.78 is 0. The van der Waals surface area contributed by atoms with E-state index in [0.717, 1.165) is 0 Å². The van der Waals surface area contributed by atoms with Crippen molar-refractivity contribution < 1.29 is 0 Å². The van der Waals surface area contributed by atoms with Crippen molar-refractivity contribution in [2.24, 2.45) is 0 Å². The zero-order valence-corrected chi connectivity index (χ0v) is 11.2. The monoisotopic (exact) mass is 212 g/mol. The molecule has 2 rings (SSSR count). The third-order valence-electron chi connectivity index (χ3n) is 4.19. The Morgan fingerprint density at radius 2 is 1.06 bits per heavy atom. The molecule has 2 aliphatic carbocycles. The van der Waals surface area contributed by atoms with Gasteiger partial charge in [-0.3, -0.25) is 0 Å². The first-order chi connectivity index (χ1) is 7.45. The van der Waals surface area contributed by atoms with Gasteiger partial charge in [-0.2, -0.15) is 0 Å². The molecule has 0 radical (unpaired) electrons. The van der Waals surface area contributed by atoms with Gasteiger partial charge in [0.1, 0.15) is 0 Å². The van der Waals surface area contributed by atoms with Crippen LogP contribution in [-0.2, 0) is 0 Å². The predicted octanol–water partition coefficient (Wildman–Crippen LogP) is 4.64. The Kier molecular flexibility index (Phi) is 2.53. The molecule has 0 heteroatoms. The smallest absolute Gasteiger partial charge is 0.0120 e. The molecule has 0 heterocycles. The minimum Gasteiger partial charge on any atom is -0.0581 e. The van der Waals surface area contributed by atoms with Gasteiger partial charge in [0, 0.05) is 0 Å². The molecule has 0 atom stereocenters. The highest BCUT2D eigenvalue weighted by molar-refractivity contribution is 5.78. The minimum atomic E-state index is 1.40. The molecule has 0 amide bonds. The second kappa shape index (κ2) is 3.62. The van der Waals surface area contributed by atoms with Crippen molar-refractivity contribution in [3.8, 4) is 11.1 Å². The standard InChI is InChI=1S/C16H20/c1-9-7-8-15-13(5)11(3)10(2)12(4)14(6)16(9)15/h7-8H,1-6H3. The minimum absolute atomic E-state index is 1.40. The van der Waals surface area contributed by atoms with Gasteiger partial charge in [-0.05, 0) is 86.1 Å². The first kappa shape index (κ1) is 11.2. The van der Waals surface area contributed by atoms with E-state index in [9.17, 15) is 0 Å². The van der Waals surface area contributed by atoms with Crippen molar-refractivity contribution in [1.82, 2.24) is 0 Å². The summed E-state index contributed by atoms with van der Waals surface area (Å²) in [6.07, 6.45) is 0. The normalized spacial score (nSPS) is 11.1. The third kappa shape index (κ3) is 1.36. The van der Waals surface area contributed by atoms with Crippen LogP contribution in [0.3, 0.4) is 0 Å². The largest absolute Gasteiger partial charge is 0.0581 e. The van der Waals surface area contributed by atoms with Crippen LogP contribution in [0.15, 0.2) is 12.1 Å². The molecule has 0 fully saturated rings. The molecular weight excluding hydrogens is 192 g/mol. The molecule has 0 spiro atoms. The molecule has 0 aliphatic heterocycles. The lowest BCUT2D eigenvalue weighted by molar-refractivity contribution is 1.24. The van der Waals surface area contributed by atoms with Crippen molar-refractivity contribution in [2.75, 3.05) is 0 Å². The number of hydrogen-bond acceptors (Lipinski definition) is 0. The second-order valence-electron chi connectivity index (χ2n) is 4.93. The number of rotatable bonds is 0. The Bertz CT molecular complexity index is 533. The number of aryl methyl sites for hydroxylation is 1. The SMILES string of the molecule is Cc1ccc2c(C)c(C)c(C)c(C)c(C)c1-2. The van der Waals surface area contributed by atoms with E-state index in [2.05, 4.69) is 53.7 Å². The van der Waals surface area contributed by atoms with Gasteiger partial charge in [0.05, 0.1) is 0 Å². The summed E-state index contributed by atoms with van der Waals surface area (Å²) in [5.41, 5.74) is 11.4. The Morgan fingerprint density at radius 3 is 1.69 bits per heavy atom. The van der Waals surface area contributed by atoms with Crippen molar-refractivity contribution in [1.29, 1.82) is 0 Å². The summed E-state index contributed by atoms with van der Waals surface area (Å²) in [6.45, 7) is 13.4. The fourth-order valence-electron chi connectivity index (χ4n) is 2.63. The summed E-state index contributed by atoms with van der Waals surface area (Å²) in [5, 5.41) is 0. The van der Waals surface area contributed by atoms with Gasteiger partial charge in [0.25, 0.3) is 0 Å². The first-order valence-electron chi connectivity index (χ1n) is 5.91.